The third-order valence-electron chi connectivity index (χ3n) is 7.14. The molecule has 4 aromatic rings. The van der Waals surface area contributed by atoms with E-state index in [1.54, 1.807) is 11.3 Å². The summed E-state index contributed by atoms with van der Waals surface area (Å²) < 4.78 is 1.84. The minimum absolute atomic E-state index is 0.0141. The van der Waals surface area contributed by atoms with Crippen molar-refractivity contribution in [3.05, 3.63) is 63.5 Å². The predicted octanol–water partition coefficient (Wildman–Crippen LogP) is 4.59. The van der Waals surface area contributed by atoms with E-state index in [1.807, 2.05) is 33.9 Å². The van der Waals surface area contributed by atoms with Crippen LogP contribution in [0.4, 0.5) is 0 Å². The van der Waals surface area contributed by atoms with Crippen LogP contribution < -0.4 is 5.32 Å². The number of aryl methyl sites for hydroxylation is 3. The molecule has 1 saturated carbocycles. The summed E-state index contributed by atoms with van der Waals surface area (Å²) in [7, 11) is 0. The van der Waals surface area contributed by atoms with E-state index < -0.39 is 0 Å². The number of amides is 2. The quantitative estimate of drug-likeness (QED) is 0.416. The van der Waals surface area contributed by atoms with E-state index in [2.05, 4.69) is 42.3 Å². The number of rotatable bonds is 6. The first-order valence-corrected chi connectivity index (χ1v) is 13.7. The molecule has 1 N–H and O–H groups in total. The third-order valence-corrected chi connectivity index (χ3v) is 9.15. The van der Waals surface area contributed by atoms with Gasteiger partial charge in [0.25, 0.3) is 11.8 Å². The second kappa shape index (κ2) is 8.57. The van der Waals surface area contributed by atoms with Gasteiger partial charge in [-0.15, -0.1) is 22.7 Å². The van der Waals surface area contributed by atoms with Crippen LogP contribution in [0, 0.1) is 25.7 Å². The molecule has 2 amide bonds. The van der Waals surface area contributed by atoms with Crippen molar-refractivity contribution in [2.75, 3.05) is 13.1 Å². The fourth-order valence-electron chi connectivity index (χ4n) is 5.29. The van der Waals surface area contributed by atoms with E-state index in [0.29, 0.717) is 29.8 Å². The van der Waals surface area contributed by atoms with Crippen LogP contribution in [0.15, 0.2) is 35.8 Å². The van der Waals surface area contributed by atoms with E-state index in [9.17, 15) is 9.59 Å². The van der Waals surface area contributed by atoms with Crippen LogP contribution in [0.1, 0.15) is 50.6 Å². The number of carbonyl (C=O) groups is 2. The van der Waals surface area contributed by atoms with Crippen molar-refractivity contribution in [1.82, 2.24) is 24.6 Å². The van der Waals surface area contributed by atoms with Gasteiger partial charge in [0.1, 0.15) is 11.4 Å². The Labute approximate surface area is 211 Å². The Morgan fingerprint density at radius 2 is 2.09 bits per heavy atom. The summed E-state index contributed by atoms with van der Waals surface area (Å²) >= 11 is 3.11. The minimum Gasteiger partial charge on any atom is -0.349 e. The SMILES string of the molecule is CCc1nc(C(=O)N2C[C@H]3C[C@H]3[C@H]2CNC(=O)c2c(C)nc3sccn23)c(-c2cccc(C)c2)s1. The van der Waals surface area contributed by atoms with E-state index >= 15 is 0 Å². The lowest BCUT2D eigenvalue weighted by atomic mass is 10.1. The molecule has 2 aliphatic rings. The summed E-state index contributed by atoms with van der Waals surface area (Å²) in [5.41, 5.74) is 4.02. The zero-order chi connectivity index (χ0) is 24.3. The van der Waals surface area contributed by atoms with Crippen LogP contribution in [0.2, 0.25) is 0 Å². The first-order chi connectivity index (χ1) is 16.9. The van der Waals surface area contributed by atoms with Gasteiger partial charge in [-0.25, -0.2) is 9.97 Å². The average molecular weight is 506 g/mol. The molecule has 9 heteroatoms. The highest BCUT2D eigenvalue weighted by Gasteiger charge is 2.54. The first kappa shape index (κ1) is 22.4. The van der Waals surface area contributed by atoms with Crippen LogP contribution in [0.5, 0.6) is 0 Å². The number of hydrogen-bond donors (Lipinski definition) is 1. The number of hydrogen-bond acceptors (Lipinski definition) is 6. The highest BCUT2D eigenvalue weighted by atomic mass is 32.1. The molecule has 1 aromatic carbocycles. The summed E-state index contributed by atoms with van der Waals surface area (Å²) in [6.07, 6.45) is 3.79. The number of likely N-dealkylation sites (tertiary alicyclic amines) is 1. The van der Waals surface area contributed by atoms with Crippen molar-refractivity contribution < 1.29 is 9.59 Å². The Kier molecular flexibility index (Phi) is 5.49. The van der Waals surface area contributed by atoms with Gasteiger partial charge in [-0.3, -0.25) is 14.0 Å². The van der Waals surface area contributed by atoms with E-state index in [-0.39, 0.29) is 17.9 Å². The van der Waals surface area contributed by atoms with Gasteiger partial charge in [-0.05, 0) is 44.1 Å². The smallest absolute Gasteiger partial charge is 0.274 e. The number of benzene rings is 1. The third kappa shape index (κ3) is 3.87. The molecule has 0 bridgehead atoms. The van der Waals surface area contributed by atoms with Gasteiger partial charge in [0.15, 0.2) is 4.96 Å². The fraction of sp³-hybridized carbons (Fsp3) is 0.385. The van der Waals surface area contributed by atoms with Crippen LogP contribution >= 0.6 is 22.7 Å². The second-order valence-corrected chi connectivity index (χ2v) is 11.5. The zero-order valence-corrected chi connectivity index (χ0v) is 21.6. The van der Waals surface area contributed by atoms with Crippen molar-refractivity contribution in [2.24, 2.45) is 11.8 Å². The van der Waals surface area contributed by atoms with Gasteiger partial charge in [-0.1, -0.05) is 36.8 Å². The Bertz CT molecular complexity index is 1450. The average Bonchev–Trinajstić information content (AvgIpc) is 3.21. The molecule has 0 radical (unpaired) electrons. The maximum atomic E-state index is 13.8. The molecule has 1 aliphatic carbocycles. The fourth-order valence-corrected chi connectivity index (χ4v) is 7.04. The van der Waals surface area contributed by atoms with Crippen LogP contribution in [0.25, 0.3) is 15.4 Å². The van der Waals surface area contributed by atoms with Gasteiger partial charge < -0.3 is 10.2 Å². The predicted molar refractivity (Wildman–Crippen MR) is 138 cm³/mol. The summed E-state index contributed by atoms with van der Waals surface area (Å²) in [5, 5.41) is 6.00. The lowest BCUT2D eigenvalue weighted by molar-refractivity contribution is 0.0690. The maximum absolute atomic E-state index is 13.8. The number of fused-ring (bicyclic) bond motifs is 2. The standard InChI is InChI=1S/C26H27N5O2S2/c1-4-20-29-21(23(35-20)16-7-5-6-14(2)10-16)25(33)31-13-17-11-18(17)19(31)12-27-24(32)22-15(3)28-26-30(22)8-9-34-26/h5-10,17-19H,4,11-13H2,1-3H3,(H,27,32)/t17-,18-,19-/m1/s1. The molecular formula is C26H27N5O2S2. The van der Waals surface area contributed by atoms with E-state index in [0.717, 1.165) is 51.1 Å². The minimum atomic E-state index is -0.146. The molecule has 6 rings (SSSR count). The molecule has 3 atom stereocenters. The largest absolute Gasteiger partial charge is 0.349 e. The maximum Gasteiger partial charge on any atom is 0.274 e. The van der Waals surface area contributed by atoms with Gasteiger partial charge in [0, 0.05) is 24.7 Å². The van der Waals surface area contributed by atoms with Gasteiger partial charge in [0.05, 0.1) is 21.6 Å². The van der Waals surface area contributed by atoms with Crippen LogP contribution in [0.3, 0.4) is 0 Å². The topological polar surface area (TPSA) is 79.6 Å². The van der Waals surface area contributed by atoms with Gasteiger partial charge >= 0.3 is 0 Å². The summed E-state index contributed by atoms with van der Waals surface area (Å²) in [5.74, 6) is 0.795. The van der Waals surface area contributed by atoms with Crippen LogP contribution in [-0.2, 0) is 6.42 Å². The van der Waals surface area contributed by atoms with Gasteiger partial charge in [-0.2, -0.15) is 0 Å². The highest BCUT2D eigenvalue weighted by molar-refractivity contribution is 7.15. The van der Waals surface area contributed by atoms with Gasteiger partial charge in [0.2, 0.25) is 0 Å². The molecule has 3 aromatic heterocycles. The lowest BCUT2D eigenvalue weighted by Gasteiger charge is -2.27. The number of nitrogens with zero attached hydrogens (tertiary/aromatic N) is 4. The molecule has 1 saturated heterocycles. The Hall–Kier alpha value is -3.04. The number of imidazole rings is 1. The van der Waals surface area contributed by atoms with Crippen molar-refractivity contribution in [3.63, 3.8) is 0 Å². The highest BCUT2D eigenvalue weighted by Crippen LogP contribution is 2.50. The number of aromatic nitrogens is 3. The van der Waals surface area contributed by atoms with Crippen molar-refractivity contribution in [3.8, 4) is 10.4 Å². The molecule has 1 aliphatic heterocycles. The lowest BCUT2D eigenvalue weighted by Crippen LogP contribution is -2.46. The number of carbonyl (C=O) groups excluding carboxylic acids is 2. The summed E-state index contributed by atoms with van der Waals surface area (Å²) in [4.78, 5) is 39.9. The molecule has 0 unspecified atom stereocenters. The molecule has 180 valence electrons. The van der Waals surface area contributed by atoms with Crippen LogP contribution in [-0.4, -0.2) is 50.2 Å². The molecule has 2 fully saturated rings. The van der Waals surface area contributed by atoms with E-state index in [1.165, 1.54) is 11.3 Å². The molecular weight excluding hydrogens is 478 g/mol. The van der Waals surface area contributed by atoms with Crippen molar-refractivity contribution in [1.29, 1.82) is 0 Å². The molecule has 7 nitrogen and oxygen atoms in total. The monoisotopic (exact) mass is 505 g/mol. The normalized spacial score (nSPS) is 20.9. The Morgan fingerprint density at radius 3 is 2.89 bits per heavy atom. The number of piperidine rings is 1. The summed E-state index contributed by atoms with van der Waals surface area (Å²) in [6, 6.07) is 8.23. The zero-order valence-electron chi connectivity index (χ0n) is 19.9. The Balaban J connectivity index is 1.25. The first-order valence-electron chi connectivity index (χ1n) is 12.0. The number of nitrogens with one attached hydrogen (secondary N) is 1. The molecule has 4 heterocycles. The van der Waals surface area contributed by atoms with Crippen molar-refractivity contribution >= 4 is 39.4 Å². The molecule has 0 spiro atoms. The van der Waals surface area contributed by atoms with E-state index in [4.69, 9.17) is 4.98 Å². The second-order valence-electron chi connectivity index (χ2n) is 9.50. The summed E-state index contributed by atoms with van der Waals surface area (Å²) in [6.45, 7) is 7.16. The Morgan fingerprint density at radius 1 is 1.23 bits per heavy atom. The molecule has 35 heavy (non-hydrogen) atoms. The number of thiazole rings is 2. The van der Waals surface area contributed by atoms with Crippen molar-refractivity contribution in [2.45, 2.75) is 39.7 Å².